The van der Waals surface area contributed by atoms with Crippen molar-refractivity contribution in [3.05, 3.63) is 40.4 Å². The lowest BCUT2D eigenvalue weighted by molar-refractivity contribution is -0.127. The van der Waals surface area contributed by atoms with E-state index in [9.17, 15) is 4.79 Å². The largest absolute Gasteiger partial charge is 0.337 e. The Hall–Kier alpha value is -1.32. The molecule has 0 saturated carbocycles. The molecule has 1 aliphatic heterocycles. The number of carbonyl (C=O) groups excluding carboxylic acids is 1. The summed E-state index contributed by atoms with van der Waals surface area (Å²) in [7, 11) is 0. The number of halogens is 1. The first-order chi connectivity index (χ1) is 9.97. The van der Waals surface area contributed by atoms with Crippen LogP contribution in [0.15, 0.2) is 24.3 Å². The maximum atomic E-state index is 12.2. The molecule has 4 heteroatoms. The highest BCUT2D eigenvalue weighted by Crippen LogP contribution is 2.17. The number of nitrogens with zero attached hydrogens (tertiary/aromatic N) is 2. The Balaban J connectivity index is 1.92. The number of rotatable bonds is 3. The van der Waals surface area contributed by atoms with Crippen LogP contribution in [-0.2, 0) is 4.79 Å². The molecular formula is C17H23ClN2O. The Morgan fingerprint density at radius 1 is 1.24 bits per heavy atom. The van der Waals surface area contributed by atoms with Gasteiger partial charge in [0.2, 0.25) is 5.91 Å². The van der Waals surface area contributed by atoms with Gasteiger partial charge in [0.1, 0.15) is 0 Å². The molecule has 0 bridgehead atoms. The van der Waals surface area contributed by atoms with Crippen LogP contribution >= 0.6 is 11.6 Å². The van der Waals surface area contributed by atoms with Crippen molar-refractivity contribution in [1.29, 1.82) is 0 Å². The number of piperazine rings is 1. The number of carbonyl (C=O) groups is 1. The summed E-state index contributed by atoms with van der Waals surface area (Å²) < 4.78 is 0. The Morgan fingerprint density at radius 3 is 2.48 bits per heavy atom. The Bertz CT molecular complexity index is 532. The van der Waals surface area contributed by atoms with Crippen LogP contribution in [0, 0.1) is 6.92 Å². The topological polar surface area (TPSA) is 23.6 Å². The SMILES string of the molecule is Cc1ccc(/C=C/C(=O)N2CCN(C(C)C)CC2)cc1Cl. The summed E-state index contributed by atoms with van der Waals surface area (Å²) in [4.78, 5) is 16.5. The van der Waals surface area contributed by atoms with E-state index >= 15 is 0 Å². The van der Waals surface area contributed by atoms with Gasteiger partial charge in [-0.3, -0.25) is 9.69 Å². The highest BCUT2D eigenvalue weighted by Gasteiger charge is 2.20. The lowest BCUT2D eigenvalue weighted by Crippen LogP contribution is -2.50. The summed E-state index contributed by atoms with van der Waals surface area (Å²) in [5.74, 6) is 0.0788. The van der Waals surface area contributed by atoms with E-state index in [1.165, 1.54) is 0 Å². The van der Waals surface area contributed by atoms with Gasteiger partial charge in [0, 0.05) is 43.3 Å². The number of hydrogen-bond donors (Lipinski definition) is 0. The molecule has 0 aliphatic carbocycles. The monoisotopic (exact) mass is 306 g/mol. The molecule has 1 aliphatic rings. The molecule has 114 valence electrons. The highest BCUT2D eigenvalue weighted by atomic mass is 35.5. The van der Waals surface area contributed by atoms with Crippen molar-refractivity contribution in [1.82, 2.24) is 9.80 Å². The number of hydrogen-bond acceptors (Lipinski definition) is 2. The fourth-order valence-electron chi connectivity index (χ4n) is 2.44. The lowest BCUT2D eigenvalue weighted by Gasteiger charge is -2.36. The predicted molar refractivity (Wildman–Crippen MR) is 88.5 cm³/mol. The second-order valence-electron chi connectivity index (χ2n) is 5.80. The molecule has 1 aromatic carbocycles. The van der Waals surface area contributed by atoms with Gasteiger partial charge in [-0.2, -0.15) is 0 Å². The molecule has 0 atom stereocenters. The minimum Gasteiger partial charge on any atom is -0.337 e. The van der Waals surface area contributed by atoms with Gasteiger partial charge in [0.25, 0.3) is 0 Å². The summed E-state index contributed by atoms with van der Waals surface area (Å²) in [6.07, 6.45) is 3.48. The quantitative estimate of drug-likeness (QED) is 0.801. The maximum absolute atomic E-state index is 12.2. The van der Waals surface area contributed by atoms with Gasteiger partial charge in [0.05, 0.1) is 0 Å². The maximum Gasteiger partial charge on any atom is 0.246 e. The van der Waals surface area contributed by atoms with Crippen molar-refractivity contribution < 1.29 is 4.79 Å². The van der Waals surface area contributed by atoms with Crippen LogP contribution in [0.2, 0.25) is 5.02 Å². The van der Waals surface area contributed by atoms with Crippen molar-refractivity contribution in [2.24, 2.45) is 0 Å². The fraction of sp³-hybridized carbons (Fsp3) is 0.471. The Labute approximate surface area is 132 Å². The summed E-state index contributed by atoms with van der Waals surface area (Å²) in [6.45, 7) is 9.86. The lowest BCUT2D eigenvalue weighted by atomic mass is 10.1. The van der Waals surface area contributed by atoms with Crippen LogP contribution < -0.4 is 0 Å². The number of amides is 1. The Morgan fingerprint density at radius 2 is 1.90 bits per heavy atom. The summed E-state index contributed by atoms with van der Waals surface area (Å²) in [6, 6.07) is 6.37. The van der Waals surface area contributed by atoms with E-state index in [1.54, 1.807) is 6.08 Å². The molecule has 1 amide bonds. The van der Waals surface area contributed by atoms with Gasteiger partial charge in [-0.15, -0.1) is 0 Å². The predicted octanol–water partition coefficient (Wildman–Crippen LogP) is 3.21. The highest BCUT2D eigenvalue weighted by molar-refractivity contribution is 6.31. The fourth-order valence-corrected chi connectivity index (χ4v) is 2.63. The molecule has 1 saturated heterocycles. The van der Waals surface area contributed by atoms with Gasteiger partial charge in [-0.1, -0.05) is 23.7 Å². The van der Waals surface area contributed by atoms with E-state index in [0.29, 0.717) is 6.04 Å². The van der Waals surface area contributed by atoms with Crippen LogP contribution in [-0.4, -0.2) is 47.9 Å². The summed E-state index contributed by atoms with van der Waals surface area (Å²) >= 11 is 6.09. The number of aryl methyl sites for hydroxylation is 1. The molecule has 3 nitrogen and oxygen atoms in total. The second-order valence-corrected chi connectivity index (χ2v) is 6.20. The Kier molecular flexibility index (Phi) is 5.43. The third kappa shape index (κ3) is 4.32. The molecule has 1 fully saturated rings. The molecular weight excluding hydrogens is 284 g/mol. The third-order valence-corrected chi connectivity index (χ3v) is 4.38. The zero-order chi connectivity index (χ0) is 15.4. The first-order valence-corrected chi connectivity index (χ1v) is 7.82. The molecule has 2 rings (SSSR count). The zero-order valence-corrected chi connectivity index (χ0v) is 13.7. The molecule has 1 aromatic rings. The normalized spacial score (nSPS) is 16.9. The summed E-state index contributed by atoms with van der Waals surface area (Å²) in [5, 5.41) is 0.732. The average molecular weight is 307 g/mol. The second kappa shape index (κ2) is 7.10. The number of benzene rings is 1. The van der Waals surface area contributed by atoms with Crippen molar-refractivity contribution >= 4 is 23.6 Å². The summed E-state index contributed by atoms with van der Waals surface area (Å²) in [5.41, 5.74) is 2.00. The zero-order valence-electron chi connectivity index (χ0n) is 13.0. The van der Waals surface area contributed by atoms with Crippen LogP contribution in [0.25, 0.3) is 6.08 Å². The van der Waals surface area contributed by atoms with Gasteiger partial charge < -0.3 is 4.90 Å². The van der Waals surface area contributed by atoms with E-state index in [2.05, 4.69) is 18.7 Å². The van der Waals surface area contributed by atoms with E-state index in [0.717, 1.165) is 42.3 Å². The van der Waals surface area contributed by atoms with E-state index < -0.39 is 0 Å². The van der Waals surface area contributed by atoms with Crippen molar-refractivity contribution in [2.75, 3.05) is 26.2 Å². The van der Waals surface area contributed by atoms with Gasteiger partial charge >= 0.3 is 0 Å². The van der Waals surface area contributed by atoms with Crippen LogP contribution in [0.3, 0.4) is 0 Å². The first-order valence-electron chi connectivity index (χ1n) is 7.44. The van der Waals surface area contributed by atoms with Crippen LogP contribution in [0.1, 0.15) is 25.0 Å². The van der Waals surface area contributed by atoms with E-state index in [4.69, 9.17) is 11.6 Å². The standard InChI is InChI=1S/C17H23ClN2O/c1-13(2)19-8-10-20(11-9-19)17(21)7-6-15-5-4-14(3)16(18)12-15/h4-7,12-13H,8-11H2,1-3H3/b7-6+. The van der Waals surface area contributed by atoms with Crippen molar-refractivity contribution in [2.45, 2.75) is 26.8 Å². The third-order valence-electron chi connectivity index (χ3n) is 3.97. The molecule has 0 spiro atoms. The first kappa shape index (κ1) is 16.1. The molecule has 0 aromatic heterocycles. The molecule has 0 unspecified atom stereocenters. The smallest absolute Gasteiger partial charge is 0.246 e. The van der Waals surface area contributed by atoms with Gasteiger partial charge in [-0.05, 0) is 44.0 Å². The van der Waals surface area contributed by atoms with Crippen LogP contribution in [0.4, 0.5) is 0 Å². The van der Waals surface area contributed by atoms with E-state index in [1.807, 2.05) is 36.1 Å². The minimum atomic E-state index is 0.0788. The molecule has 21 heavy (non-hydrogen) atoms. The van der Waals surface area contributed by atoms with Gasteiger partial charge in [-0.25, -0.2) is 0 Å². The van der Waals surface area contributed by atoms with Crippen LogP contribution in [0.5, 0.6) is 0 Å². The van der Waals surface area contributed by atoms with Gasteiger partial charge in [0.15, 0.2) is 0 Å². The molecule has 1 heterocycles. The average Bonchev–Trinajstić information content (AvgIpc) is 2.48. The molecule has 0 N–H and O–H groups in total. The van der Waals surface area contributed by atoms with Crippen molar-refractivity contribution in [3.63, 3.8) is 0 Å². The van der Waals surface area contributed by atoms with Crippen molar-refractivity contribution in [3.8, 4) is 0 Å². The van der Waals surface area contributed by atoms with E-state index in [-0.39, 0.29) is 5.91 Å². The molecule has 0 radical (unpaired) electrons. The minimum absolute atomic E-state index is 0.0788.